The van der Waals surface area contributed by atoms with E-state index in [9.17, 15) is 9.59 Å². The predicted octanol–water partition coefficient (Wildman–Crippen LogP) is 1.32. The van der Waals surface area contributed by atoms with Crippen molar-refractivity contribution in [3.8, 4) is 0 Å². The zero-order valence-electron chi connectivity index (χ0n) is 12.4. The van der Waals surface area contributed by atoms with Gasteiger partial charge >= 0.3 is 0 Å². The van der Waals surface area contributed by atoms with Gasteiger partial charge in [0, 0.05) is 25.6 Å². The summed E-state index contributed by atoms with van der Waals surface area (Å²) in [7, 11) is 0. The van der Waals surface area contributed by atoms with Crippen LogP contribution < -0.4 is 16.4 Å². The third-order valence-electron chi connectivity index (χ3n) is 4.09. The summed E-state index contributed by atoms with van der Waals surface area (Å²) in [5.74, 6) is -0.142. The normalized spacial score (nSPS) is 16.5. The highest BCUT2D eigenvalue weighted by molar-refractivity contribution is 5.94. The molecule has 1 aliphatic carbocycles. The first-order valence-corrected chi connectivity index (χ1v) is 7.41. The fraction of sp³-hybridized carbons (Fsp3) is 0.500. The van der Waals surface area contributed by atoms with E-state index in [2.05, 4.69) is 10.6 Å². The molecule has 21 heavy (non-hydrogen) atoms. The Morgan fingerprint density at radius 3 is 2.33 bits per heavy atom. The maximum atomic E-state index is 12.3. The largest absolute Gasteiger partial charge is 0.352 e. The van der Waals surface area contributed by atoms with Crippen LogP contribution in [0.2, 0.25) is 0 Å². The number of carbonyl (C=O) groups is 2. The lowest BCUT2D eigenvalue weighted by molar-refractivity contribution is -0.119. The smallest absolute Gasteiger partial charge is 0.251 e. The lowest BCUT2D eigenvalue weighted by atomic mass is 9.97. The number of benzene rings is 1. The molecule has 1 aliphatic rings. The molecule has 5 heteroatoms. The fourth-order valence-electron chi connectivity index (χ4n) is 2.75. The summed E-state index contributed by atoms with van der Waals surface area (Å²) in [6.45, 7) is 2.44. The molecule has 0 bridgehead atoms. The highest BCUT2D eigenvalue weighted by Crippen LogP contribution is 2.28. The monoisotopic (exact) mass is 289 g/mol. The van der Waals surface area contributed by atoms with Crippen molar-refractivity contribution in [3.05, 3.63) is 35.4 Å². The highest BCUT2D eigenvalue weighted by atomic mass is 16.2. The lowest BCUT2D eigenvalue weighted by Gasteiger charge is -2.28. The van der Waals surface area contributed by atoms with Crippen molar-refractivity contribution in [3.63, 3.8) is 0 Å². The maximum Gasteiger partial charge on any atom is 0.251 e. The Balaban J connectivity index is 1.98. The van der Waals surface area contributed by atoms with E-state index in [0.717, 1.165) is 31.2 Å². The van der Waals surface area contributed by atoms with E-state index in [1.165, 1.54) is 6.92 Å². The van der Waals surface area contributed by atoms with Crippen LogP contribution in [0.3, 0.4) is 0 Å². The summed E-state index contributed by atoms with van der Waals surface area (Å²) in [5.41, 5.74) is 7.20. The highest BCUT2D eigenvalue weighted by Gasteiger charge is 2.33. The van der Waals surface area contributed by atoms with Gasteiger partial charge in [0.05, 0.1) is 5.54 Å². The summed E-state index contributed by atoms with van der Waals surface area (Å²) < 4.78 is 0. The SMILES string of the molecule is CC(=O)NCc1ccc(C(=O)NC2(CN)CCCC2)cc1. The fourth-order valence-corrected chi connectivity index (χ4v) is 2.75. The molecule has 1 aromatic carbocycles. The molecule has 0 radical (unpaired) electrons. The van der Waals surface area contributed by atoms with Gasteiger partial charge < -0.3 is 16.4 Å². The molecule has 1 saturated carbocycles. The van der Waals surface area contributed by atoms with Crippen LogP contribution in [0.5, 0.6) is 0 Å². The van der Waals surface area contributed by atoms with Crippen molar-refractivity contribution in [2.24, 2.45) is 5.73 Å². The van der Waals surface area contributed by atoms with Gasteiger partial charge in [-0.15, -0.1) is 0 Å². The Bertz CT molecular complexity index is 505. The molecule has 5 nitrogen and oxygen atoms in total. The van der Waals surface area contributed by atoms with Crippen LogP contribution in [-0.2, 0) is 11.3 Å². The zero-order valence-corrected chi connectivity index (χ0v) is 12.4. The van der Waals surface area contributed by atoms with E-state index >= 15 is 0 Å². The van der Waals surface area contributed by atoms with Crippen molar-refractivity contribution < 1.29 is 9.59 Å². The summed E-state index contributed by atoms with van der Waals surface area (Å²) in [4.78, 5) is 23.2. The minimum atomic E-state index is -0.230. The summed E-state index contributed by atoms with van der Waals surface area (Å²) in [5, 5.41) is 5.82. The number of hydrogen-bond donors (Lipinski definition) is 3. The number of carbonyl (C=O) groups excluding carboxylic acids is 2. The van der Waals surface area contributed by atoms with Gasteiger partial charge in [-0.2, -0.15) is 0 Å². The summed E-state index contributed by atoms with van der Waals surface area (Å²) >= 11 is 0. The van der Waals surface area contributed by atoms with Crippen LogP contribution in [0.4, 0.5) is 0 Å². The molecule has 0 spiro atoms. The van der Waals surface area contributed by atoms with Gasteiger partial charge in [0.15, 0.2) is 0 Å². The Labute approximate surface area is 125 Å². The molecular formula is C16H23N3O2. The van der Waals surface area contributed by atoms with E-state index < -0.39 is 0 Å². The second-order valence-electron chi connectivity index (χ2n) is 5.75. The summed E-state index contributed by atoms with van der Waals surface area (Å²) in [6.07, 6.45) is 4.14. The first-order chi connectivity index (χ1) is 10.0. The van der Waals surface area contributed by atoms with Crippen LogP contribution >= 0.6 is 0 Å². The number of nitrogens with two attached hydrogens (primary N) is 1. The Morgan fingerprint density at radius 2 is 1.81 bits per heavy atom. The Kier molecular flexibility index (Phi) is 4.96. The molecule has 1 fully saturated rings. The van der Waals surface area contributed by atoms with Crippen molar-refractivity contribution in [2.45, 2.75) is 44.7 Å². The number of nitrogens with one attached hydrogen (secondary N) is 2. The first-order valence-electron chi connectivity index (χ1n) is 7.41. The lowest BCUT2D eigenvalue weighted by Crippen LogP contribution is -2.51. The average Bonchev–Trinajstić information content (AvgIpc) is 2.94. The van der Waals surface area contributed by atoms with E-state index in [4.69, 9.17) is 5.73 Å². The predicted molar refractivity (Wildman–Crippen MR) is 81.7 cm³/mol. The maximum absolute atomic E-state index is 12.3. The number of amides is 2. The molecule has 2 amide bonds. The molecule has 1 aromatic rings. The molecule has 4 N–H and O–H groups in total. The van der Waals surface area contributed by atoms with Gasteiger partial charge in [-0.05, 0) is 30.5 Å². The molecule has 2 rings (SSSR count). The average molecular weight is 289 g/mol. The molecule has 0 aliphatic heterocycles. The minimum Gasteiger partial charge on any atom is -0.352 e. The van der Waals surface area contributed by atoms with Gasteiger partial charge in [-0.1, -0.05) is 25.0 Å². The van der Waals surface area contributed by atoms with E-state index in [-0.39, 0.29) is 17.4 Å². The quantitative estimate of drug-likeness (QED) is 0.764. The topological polar surface area (TPSA) is 84.2 Å². The second kappa shape index (κ2) is 6.72. The van der Waals surface area contributed by atoms with Crippen molar-refractivity contribution in [1.82, 2.24) is 10.6 Å². The third-order valence-corrected chi connectivity index (χ3v) is 4.09. The Hall–Kier alpha value is -1.88. The standard InChI is InChI=1S/C16H23N3O2/c1-12(20)18-10-13-4-6-14(7-5-13)15(21)19-16(11-17)8-2-3-9-16/h4-7H,2-3,8-11,17H2,1H3,(H,18,20)(H,19,21). The van der Waals surface area contributed by atoms with Gasteiger partial charge in [0.25, 0.3) is 5.91 Å². The van der Waals surface area contributed by atoms with Crippen LogP contribution in [0.1, 0.15) is 48.5 Å². The molecule has 0 saturated heterocycles. The number of hydrogen-bond acceptors (Lipinski definition) is 3. The van der Waals surface area contributed by atoms with E-state index in [1.54, 1.807) is 12.1 Å². The van der Waals surface area contributed by atoms with Crippen molar-refractivity contribution in [2.75, 3.05) is 6.54 Å². The van der Waals surface area contributed by atoms with Crippen LogP contribution in [-0.4, -0.2) is 23.9 Å². The molecule has 0 unspecified atom stereocenters. The summed E-state index contributed by atoms with van der Waals surface area (Å²) in [6, 6.07) is 7.28. The van der Waals surface area contributed by atoms with Crippen LogP contribution in [0.25, 0.3) is 0 Å². The number of rotatable bonds is 5. The molecule has 0 heterocycles. The zero-order chi connectivity index (χ0) is 15.3. The van der Waals surface area contributed by atoms with Crippen LogP contribution in [0, 0.1) is 0 Å². The van der Waals surface area contributed by atoms with Crippen molar-refractivity contribution in [1.29, 1.82) is 0 Å². The van der Waals surface area contributed by atoms with E-state index in [0.29, 0.717) is 18.7 Å². The Morgan fingerprint density at radius 1 is 1.19 bits per heavy atom. The van der Waals surface area contributed by atoms with Gasteiger partial charge in [-0.3, -0.25) is 9.59 Å². The first kappa shape index (κ1) is 15.5. The molecular weight excluding hydrogens is 266 g/mol. The molecule has 0 atom stereocenters. The van der Waals surface area contributed by atoms with Crippen molar-refractivity contribution >= 4 is 11.8 Å². The third kappa shape index (κ3) is 4.04. The van der Waals surface area contributed by atoms with Gasteiger partial charge in [0.1, 0.15) is 0 Å². The van der Waals surface area contributed by atoms with Gasteiger partial charge in [-0.25, -0.2) is 0 Å². The molecule has 114 valence electrons. The van der Waals surface area contributed by atoms with E-state index in [1.807, 2.05) is 12.1 Å². The van der Waals surface area contributed by atoms with Crippen LogP contribution in [0.15, 0.2) is 24.3 Å². The second-order valence-corrected chi connectivity index (χ2v) is 5.75. The molecule has 0 aromatic heterocycles. The van der Waals surface area contributed by atoms with Gasteiger partial charge in [0.2, 0.25) is 5.91 Å². The minimum absolute atomic E-state index is 0.0667.